The van der Waals surface area contributed by atoms with Crippen molar-refractivity contribution >= 4 is 23.4 Å². The van der Waals surface area contributed by atoms with E-state index in [-0.39, 0.29) is 11.3 Å². The molecule has 8 heteroatoms. The molecule has 0 unspecified atom stereocenters. The summed E-state index contributed by atoms with van der Waals surface area (Å²) in [5.74, 6) is -1.07. The van der Waals surface area contributed by atoms with Gasteiger partial charge in [0.1, 0.15) is 5.56 Å². The monoisotopic (exact) mass is 291 g/mol. The van der Waals surface area contributed by atoms with Gasteiger partial charge in [0.25, 0.3) is 5.69 Å². The Hall–Kier alpha value is -2.48. The highest BCUT2D eigenvalue weighted by molar-refractivity contribution is 7.98. The van der Waals surface area contributed by atoms with Crippen molar-refractivity contribution in [3.8, 4) is 0 Å². The quantitative estimate of drug-likeness (QED) is 0.390. The van der Waals surface area contributed by atoms with E-state index in [9.17, 15) is 14.9 Å². The van der Waals surface area contributed by atoms with Gasteiger partial charge in [-0.25, -0.2) is 14.8 Å². The zero-order chi connectivity index (χ0) is 14.5. The van der Waals surface area contributed by atoms with Crippen molar-refractivity contribution in [1.29, 1.82) is 0 Å². The number of nitrogens with zero attached hydrogens (tertiary/aromatic N) is 3. The predicted molar refractivity (Wildman–Crippen MR) is 71.6 cm³/mol. The number of rotatable bonds is 5. The summed E-state index contributed by atoms with van der Waals surface area (Å²) < 4.78 is 0. The molecule has 20 heavy (non-hydrogen) atoms. The summed E-state index contributed by atoms with van der Waals surface area (Å²) in [5, 5.41) is 20.5. The number of nitro groups is 1. The van der Waals surface area contributed by atoms with Crippen molar-refractivity contribution in [2.45, 2.75) is 10.9 Å². The molecule has 0 saturated heterocycles. The van der Waals surface area contributed by atoms with Gasteiger partial charge < -0.3 is 5.11 Å². The fourth-order valence-electron chi connectivity index (χ4n) is 1.61. The Morgan fingerprint density at radius 3 is 2.60 bits per heavy atom. The molecule has 0 spiro atoms. The van der Waals surface area contributed by atoms with Gasteiger partial charge in [0, 0.05) is 24.2 Å². The summed E-state index contributed by atoms with van der Waals surface area (Å²) in [6.07, 6.45) is 3.14. The number of aromatic nitrogens is 2. The van der Waals surface area contributed by atoms with Crippen LogP contribution in [-0.4, -0.2) is 26.0 Å². The molecule has 0 aliphatic rings. The van der Waals surface area contributed by atoms with E-state index < -0.39 is 16.6 Å². The molecule has 0 atom stereocenters. The summed E-state index contributed by atoms with van der Waals surface area (Å²) in [5.41, 5.74) is -0.338. The fourth-order valence-corrected chi connectivity index (χ4v) is 2.40. The molecule has 102 valence electrons. The molecule has 0 radical (unpaired) electrons. The highest BCUT2D eigenvalue weighted by Crippen LogP contribution is 2.27. The van der Waals surface area contributed by atoms with E-state index in [0.29, 0.717) is 10.7 Å². The molecule has 1 aromatic carbocycles. The lowest BCUT2D eigenvalue weighted by Gasteiger charge is -2.05. The fraction of sp³-hybridized carbons (Fsp3) is 0.0833. The van der Waals surface area contributed by atoms with Crippen molar-refractivity contribution in [2.24, 2.45) is 0 Å². The van der Waals surface area contributed by atoms with Crippen LogP contribution in [0.5, 0.6) is 0 Å². The van der Waals surface area contributed by atoms with Gasteiger partial charge in [-0.1, -0.05) is 23.9 Å². The Kier molecular flexibility index (Phi) is 4.26. The van der Waals surface area contributed by atoms with Gasteiger partial charge in [0.2, 0.25) is 0 Å². The first kappa shape index (κ1) is 13.9. The largest absolute Gasteiger partial charge is 0.477 e. The first-order valence-corrected chi connectivity index (χ1v) is 6.47. The Bertz CT molecular complexity index is 648. The van der Waals surface area contributed by atoms with Crippen LogP contribution in [0.4, 0.5) is 5.69 Å². The molecule has 0 fully saturated rings. The van der Waals surface area contributed by atoms with Gasteiger partial charge in [-0.2, -0.15) is 0 Å². The lowest BCUT2D eigenvalue weighted by Crippen LogP contribution is -2.06. The minimum Gasteiger partial charge on any atom is -0.477 e. The number of carboxylic acids is 1. The van der Waals surface area contributed by atoms with Gasteiger partial charge in [-0.15, -0.1) is 0 Å². The van der Waals surface area contributed by atoms with Gasteiger partial charge in [0.15, 0.2) is 5.16 Å². The second-order valence-electron chi connectivity index (χ2n) is 3.69. The van der Waals surface area contributed by atoms with Crippen LogP contribution in [0.2, 0.25) is 0 Å². The molecule has 0 saturated carbocycles. The van der Waals surface area contributed by atoms with E-state index in [0.717, 1.165) is 0 Å². The van der Waals surface area contributed by atoms with Crippen LogP contribution in [0.15, 0.2) is 41.8 Å². The average Bonchev–Trinajstić information content (AvgIpc) is 2.45. The second kappa shape index (κ2) is 6.11. The SMILES string of the molecule is O=C(O)c1c(CSc2ncccn2)cccc1[N+](=O)[O-]. The smallest absolute Gasteiger partial charge is 0.343 e. The van der Waals surface area contributed by atoms with Gasteiger partial charge in [-0.05, 0) is 11.6 Å². The normalized spacial score (nSPS) is 10.2. The maximum Gasteiger partial charge on any atom is 0.343 e. The van der Waals surface area contributed by atoms with E-state index >= 15 is 0 Å². The van der Waals surface area contributed by atoms with Crippen LogP contribution in [-0.2, 0) is 5.75 Å². The minimum atomic E-state index is -1.32. The topological polar surface area (TPSA) is 106 Å². The third-order valence-corrected chi connectivity index (χ3v) is 3.36. The van der Waals surface area contributed by atoms with Crippen molar-refractivity contribution in [3.05, 3.63) is 57.9 Å². The molecule has 0 aliphatic carbocycles. The van der Waals surface area contributed by atoms with Crippen LogP contribution in [0.3, 0.4) is 0 Å². The van der Waals surface area contributed by atoms with Crippen LogP contribution in [0, 0.1) is 10.1 Å². The van der Waals surface area contributed by atoms with Crippen molar-refractivity contribution in [2.75, 3.05) is 0 Å². The summed E-state index contributed by atoms with van der Waals surface area (Å²) >= 11 is 1.22. The second-order valence-corrected chi connectivity index (χ2v) is 4.64. The third-order valence-electron chi connectivity index (χ3n) is 2.44. The zero-order valence-electron chi connectivity index (χ0n) is 10.1. The minimum absolute atomic E-state index is 0.243. The van der Waals surface area contributed by atoms with Gasteiger partial charge in [0.05, 0.1) is 4.92 Å². The molecule has 2 aromatic rings. The molecular formula is C12H9N3O4S. The van der Waals surface area contributed by atoms with Crippen molar-refractivity contribution in [3.63, 3.8) is 0 Å². The van der Waals surface area contributed by atoms with E-state index in [1.165, 1.54) is 23.9 Å². The molecule has 1 aromatic heterocycles. The first-order chi connectivity index (χ1) is 9.59. The van der Waals surface area contributed by atoms with Crippen LogP contribution >= 0.6 is 11.8 Å². The molecule has 0 bridgehead atoms. The predicted octanol–water partition coefficient (Wildman–Crippen LogP) is 2.38. The Labute approximate surface area is 117 Å². The number of benzene rings is 1. The molecule has 0 aliphatic heterocycles. The van der Waals surface area contributed by atoms with E-state index in [4.69, 9.17) is 5.11 Å². The highest BCUT2D eigenvalue weighted by atomic mass is 32.2. The summed E-state index contributed by atoms with van der Waals surface area (Å²) in [6.45, 7) is 0. The summed E-state index contributed by atoms with van der Waals surface area (Å²) in [7, 11) is 0. The Morgan fingerprint density at radius 1 is 1.30 bits per heavy atom. The number of carboxylic acid groups (broad SMARTS) is 1. The number of thioether (sulfide) groups is 1. The highest BCUT2D eigenvalue weighted by Gasteiger charge is 2.23. The molecule has 2 rings (SSSR count). The standard InChI is InChI=1S/C12H9N3O4S/c16-11(17)10-8(3-1-4-9(10)15(18)19)7-20-12-13-5-2-6-14-12/h1-6H,7H2,(H,16,17). The lowest BCUT2D eigenvalue weighted by molar-refractivity contribution is -0.385. The zero-order valence-corrected chi connectivity index (χ0v) is 10.9. The van der Waals surface area contributed by atoms with E-state index in [1.807, 2.05) is 0 Å². The number of carbonyl (C=O) groups is 1. The maximum absolute atomic E-state index is 11.2. The van der Waals surface area contributed by atoms with Crippen molar-refractivity contribution < 1.29 is 14.8 Å². The number of aromatic carboxylic acids is 1. The number of nitro benzene ring substituents is 1. The van der Waals surface area contributed by atoms with E-state index in [2.05, 4.69) is 9.97 Å². The summed E-state index contributed by atoms with van der Waals surface area (Å²) in [4.78, 5) is 29.4. The Morgan fingerprint density at radius 2 is 2.00 bits per heavy atom. The lowest BCUT2D eigenvalue weighted by atomic mass is 10.1. The Balaban J connectivity index is 2.30. The van der Waals surface area contributed by atoms with Crippen LogP contribution < -0.4 is 0 Å². The third kappa shape index (κ3) is 3.09. The molecule has 0 amide bonds. The van der Waals surface area contributed by atoms with Crippen molar-refractivity contribution in [1.82, 2.24) is 9.97 Å². The van der Waals surface area contributed by atoms with Crippen LogP contribution in [0.25, 0.3) is 0 Å². The first-order valence-electron chi connectivity index (χ1n) is 5.49. The average molecular weight is 291 g/mol. The molecular weight excluding hydrogens is 282 g/mol. The molecule has 7 nitrogen and oxygen atoms in total. The maximum atomic E-state index is 11.2. The van der Waals surface area contributed by atoms with E-state index in [1.54, 1.807) is 24.5 Å². The molecule has 1 N–H and O–H groups in total. The molecule has 1 heterocycles. The number of hydrogen-bond acceptors (Lipinski definition) is 6. The number of hydrogen-bond donors (Lipinski definition) is 1. The van der Waals surface area contributed by atoms with Crippen LogP contribution in [0.1, 0.15) is 15.9 Å². The van der Waals surface area contributed by atoms with Gasteiger partial charge >= 0.3 is 5.97 Å². The summed E-state index contributed by atoms with van der Waals surface area (Å²) in [6, 6.07) is 5.86. The van der Waals surface area contributed by atoms with Gasteiger partial charge in [-0.3, -0.25) is 10.1 Å².